The van der Waals surface area contributed by atoms with E-state index in [1.807, 2.05) is 97.9 Å². The maximum Gasteiger partial charge on any atom is 0.260 e. The van der Waals surface area contributed by atoms with E-state index >= 15 is 0 Å². The van der Waals surface area contributed by atoms with Crippen LogP contribution in [0.5, 0.6) is 5.75 Å². The van der Waals surface area contributed by atoms with Crippen LogP contribution in [0.1, 0.15) is 29.0 Å². The topological polar surface area (TPSA) is 69.6 Å². The lowest BCUT2D eigenvalue weighted by Crippen LogP contribution is -2.48. The van der Waals surface area contributed by atoms with Crippen molar-refractivity contribution < 1.29 is 14.7 Å². The number of hydrogen-bond acceptors (Lipinski definition) is 4. The second-order valence-electron chi connectivity index (χ2n) is 10.0. The molecule has 5 nitrogen and oxygen atoms in total. The predicted molar refractivity (Wildman–Crippen MR) is 150 cm³/mol. The number of aromatic hydroxyl groups is 1. The first kappa shape index (κ1) is 23.7. The minimum absolute atomic E-state index is 0.172. The molecule has 2 N–H and O–H groups in total. The summed E-state index contributed by atoms with van der Waals surface area (Å²) in [6.45, 7) is 6.08. The van der Waals surface area contributed by atoms with E-state index in [0.717, 1.165) is 27.6 Å². The molecule has 0 radical (unpaired) electrons. The van der Waals surface area contributed by atoms with Crippen molar-refractivity contribution in [3.8, 4) is 5.75 Å². The van der Waals surface area contributed by atoms with Crippen molar-refractivity contribution in [3.63, 3.8) is 0 Å². The molecule has 0 aromatic heterocycles. The summed E-state index contributed by atoms with van der Waals surface area (Å²) in [5.41, 5.74) is 6.21. The van der Waals surface area contributed by atoms with Gasteiger partial charge in [0.2, 0.25) is 0 Å². The van der Waals surface area contributed by atoms with Crippen molar-refractivity contribution in [2.24, 2.45) is 5.92 Å². The highest BCUT2D eigenvalue weighted by atomic mass is 16.3. The first-order valence-corrected chi connectivity index (χ1v) is 12.8. The number of hydrazine groups is 1. The van der Waals surface area contributed by atoms with E-state index in [4.69, 9.17) is 0 Å². The van der Waals surface area contributed by atoms with Gasteiger partial charge in [0.05, 0.1) is 17.0 Å². The number of anilines is 1. The predicted octanol–water partition coefficient (Wildman–Crippen LogP) is 6.40. The molecule has 1 aliphatic carbocycles. The van der Waals surface area contributed by atoms with E-state index in [2.05, 4.69) is 12.0 Å². The molecule has 2 aliphatic rings. The van der Waals surface area contributed by atoms with Crippen LogP contribution in [0.2, 0.25) is 0 Å². The van der Waals surface area contributed by atoms with Crippen LogP contribution in [0, 0.1) is 12.8 Å². The lowest BCUT2D eigenvalue weighted by molar-refractivity contribution is -0.138. The number of benzene rings is 4. The third-order valence-electron chi connectivity index (χ3n) is 8.03. The number of hydrogen-bond donors (Lipinski definition) is 2. The first-order chi connectivity index (χ1) is 18.5. The number of carbonyl (C=O) groups is 2. The Bertz CT molecular complexity index is 1610. The highest BCUT2D eigenvalue weighted by Gasteiger charge is 2.66. The molecule has 0 bridgehead atoms. The van der Waals surface area contributed by atoms with E-state index in [9.17, 15) is 14.7 Å². The third-order valence-corrected chi connectivity index (χ3v) is 8.03. The van der Waals surface area contributed by atoms with Gasteiger partial charge in [0, 0.05) is 11.3 Å². The van der Waals surface area contributed by atoms with Gasteiger partial charge < -0.3 is 5.11 Å². The Morgan fingerprint density at radius 1 is 0.921 bits per heavy atom. The van der Waals surface area contributed by atoms with Crippen LogP contribution in [0.4, 0.5) is 5.69 Å². The highest BCUT2D eigenvalue weighted by Crippen LogP contribution is 2.58. The number of nitrogens with zero attached hydrogens (tertiary/aromatic N) is 1. The normalized spacial score (nSPS) is 22.8. The average molecular weight is 501 g/mol. The van der Waals surface area contributed by atoms with Crippen LogP contribution in [-0.2, 0) is 15.0 Å². The van der Waals surface area contributed by atoms with Crippen LogP contribution < -0.4 is 5.43 Å². The monoisotopic (exact) mass is 500 g/mol. The maximum absolute atomic E-state index is 14.7. The van der Waals surface area contributed by atoms with E-state index in [1.165, 1.54) is 5.01 Å². The molecule has 38 heavy (non-hydrogen) atoms. The Morgan fingerprint density at radius 3 is 2.32 bits per heavy atom. The number of phenolic OH excluding ortho intramolecular Hbond substituents is 1. The van der Waals surface area contributed by atoms with Crippen molar-refractivity contribution in [1.82, 2.24) is 5.01 Å². The number of rotatable bonds is 5. The zero-order valence-electron chi connectivity index (χ0n) is 21.1. The van der Waals surface area contributed by atoms with Crippen molar-refractivity contribution in [2.75, 3.05) is 5.43 Å². The van der Waals surface area contributed by atoms with Crippen LogP contribution in [0.15, 0.2) is 115 Å². The number of aryl methyl sites for hydroxylation is 1. The Hall–Kier alpha value is -4.64. The Morgan fingerprint density at radius 2 is 1.61 bits per heavy atom. The van der Waals surface area contributed by atoms with Gasteiger partial charge in [-0.2, -0.15) is 5.01 Å². The van der Waals surface area contributed by atoms with Crippen molar-refractivity contribution >= 4 is 28.3 Å². The standard InChI is InChI=1S/C33H28N2O3/c1-3-22-15-19-28-31(37)35(34-24-16-13-21(2)14-17-24)32(38)33(28,23-9-5-4-6-10-23)30(22)27-18-20-29(36)26-12-8-7-11-25(26)27/h3-18,20,28,30,34,36H,1,19H2,2H3/t28-,30+,33+/m0/s1. The molecular weight excluding hydrogens is 472 g/mol. The van der Waals surface area contributed by atoms with E-state index in [1.54, 1.807) is 12.1 Å². The molecule has 0 spiro atoms. The molecule has 1 saturated heterocycles. The minimum Gasteiger partial charge on any atom is -0.507 e. The summed E-state index contributed by atoms with van der Waals surface area (Å²) in [5.74, 6) is -1.49. The van der Waals surface area contributed by atoms with Crippen molar-refractivity contribution in [1.29, 1.82) is 0 Å². The number of allylic oxidation sites excluding steroid dienone is 3. The van der Waals surface area contributed by atoms with Gasteiger partial charge in [0.25, 0.3) is 11.8 Å². The van der Waals surface area contributed by atoms with Crippen LogP contribution >= 0.6 is 0 Å². The molecule has 2 amide bonds. The van der Waals surface area contributed by atoms with Crippen molar-refractivity contribution in [2.45, 2.75) is 24.7 Å². The molecule has 0 unspecified atom stereocenters. The van der Waals surface area contributed by atoms with Gasteiger partial charge in [-0.3, -0.25) is 15.0 Å². The molecular formula is C33H28N2O3. The van der Waals surface area contributed by atoms with Gasteiger partial charge in [-0.25, -0.2) is 0 Å². The summed E-state index contributed by atoms with van der Waals surface area (Å²) >= 11 is 0. The maximum atomic E-state index is 14.7. The smallest absolute Gasteiger partial charge is 0.260 e. The number of fused-ring (bicyclic) bond motifs is 2. The first-order valence-electron chi connectivity index (χ1n) is 12.8. The van der Waals surface area contributed by atoms with Gasteiger partial charge in [-0.1, -0.05) is 97.1 Å². The Kier molecular flexibility index (Phi) is 5.64. The molecule has 3 atom stereocenters. The van der Waals surface area contributed by atoms with Crippen LogP contribution in [0.3, 0.4) is 0 Å². The van der Waals surface area contributed by atoms with E-state index < -0.39 is 17.3 Å². The number of imide groups is 1. The van der Waals surface area contributed by atoms with Crippen LogP contribution in [-0.4, -0.2) is 21.9 Å². The van der Waals surface area contributed by atoms with Gasteiger partial charge >= 0.3 is 0 Å². The summed E-state index contributed by atoms with van der Waals surface area (Å²) < 4.78 is 0. The summed E-state index contributed by atoms with van der Waals surface area (Å²) in [5, 5.41) is 13.4. The fraction of sp³-hybridized carbons (Fsp3) is 0.152. The number of phenols is 1. The van der Waals surface area contributed by atoms with Gasteiger partial charge in [0.15, 0.2) is 0 Å². The number of nitrogens with one attached hydrogen (secondary N) is 1. The molecule has 188 valence electrons. The molecule has 5 heteroatoms. The second-order valence-corrected chi connectivity index (χ2v) is 10.0. The quantitative estimate of drug-likeness (QED) is 0.311. The second kappa shape index (κ2) is 9.03. The SMILES string of the molecule is C=CC1=CC[C@H]2C(=O)N(Nc3ccc(C)cc3)C(=O)[C@@]2(c2ccccc2)[C@H]1c1ccc(O)c2ccccc12. The molecule has 4 aromatic carbocycles. The van der Waals surface area contributed by atoms with Gasteiger partial charge in [0.1, 0.15) is 5.75 Å². The lowest BCUT2D eigenvalue weighted by atomic mass is 9.55. The summed E-state index contributed by atoms with van der Waals surface area (Å²) in [6.07, 6.45) is 4.24. The zero-order valence-corrected chi connectivity index (χ0v) is 21.1. The molecule has 0 saturated carbocycles. The lowest BCUT2D eigenvalue weighted by Gasteiger charge is -2.43. The summed E-state index contributed by atoms with van der Waals surface area (Å²) in [4.78, 5) is 28.8. The zero-order chi connectivity index (χ0) is 26.4. The number of carbonyl (C=O) groups excluding carboxylic acids is 2. The molecule has 6 rings (SSSR count). The Labute approximate surface area is 221 Å². The fourth-order valence-corrected chi connectivity index (χ4v) is 6.28. The molecule has 1 fully saturated rings. The Balaban J connectivity index is 1.61. The van der Waals surface area contributed by atoms with Crippen LogP contribution in [0.25, 0.3) is 10.8 Å². The van der Waals surface area contributed by atoms with E-state index in [0.29, 0.717) is 17.5 Å². The molecule has 1 heterocycles. The fourth-order valence-electron chi connectivity index (χ4n) is 6.28. The largest absolute Gasteiger partial charge is 0.507 e. The van der Waals surface area contributed by atoms with Crippen molar-refractivity contribution in [3.05, 3.63) is 132 Å². The molecule has 1 aliphatic heterocycles. The third kappa shape index (κ3) is 3.39. The summed E-state index contributed by atoms with van der Waals surface area (Å²) in [6, 6.07) is 28.4. The molecule has 4 aromatic rings. The van der Waals surface area contributed by atoms with Gasteiger partial charge in [-0.15, -0.1) is 0 Å². The number of amides is 2. The average Bonchev–Trinajstić information content (AvgIpc) is 3.17. The highest BCUT2D eigenvalue weighted by molar-refractivity contribution is 6.13. The minimum atomic E-state index is -1.20. The van der Waals surface area contributed by atoms with E-state index in [-0.39, 0.29) is 17.6 Å². The van der Waals surface area contributed by atoms with Gasteiger partial charge in [-0.05, 0) is 53.6 Å². The summed E-state index contributed by atoms with van der Waals surface area (Å²) in [7, 11) is 0.